The first-order valence-electron chi connectivity index (χ1n) is 6.58. The molecule has 2 aromatic rings. The van der Waals surface area contributed by atoms with E-state index in [2.05, 4.69) is 15.5 Å². The molecule has 0 bridgehead atoms. The Morgan fingerprint density at radius 1 is 1.35 bits per heavy atom. The third-order valence-corrected chi connectivity index (χ3v) is 2.77. The van der Waals surface area contributed by atoms with Crippen LogP contribution in [0.2, 0.25) is 0 Å². The lowest BCUT2D eigenvalue weighted by atomic mass is 10.2. The Labute approximate surface area is 117 Å². The molecule has 0 aliphatic rings. The molecule has 0 saturated carbocycles. The smallest absolute Gasteiger partial charge is 0.227 e. The zero-order valence-corrected chi connectivity index (χ0v) is 11.5. The first kappa shape index (κ1) is 14.5. The minimum atomic E-state index is -0.556. The highest BCUT2D eigenvalue weighted by atomic mass is 16.5. The number of hydrogen-bond donors (Lipinski definition) is 2. The summed E-state index contributed by atoms with van der Waals surface area (Å²) >= 11 is 0. The van der Waals surface area contributed by atoms with E-state index in [9.17, 15) is 5.11 Å². The van der Waals surface area contributed by atoms with Crippen molar-refractivity contribution in [3.8, 4) is 5.75 Å². The van der Waals surface area contributed by atoms with Gasteiger partial charge in [0.15, 0.2) is 6.33 Å². The van der Waals surface area contributed by atoms with Crippen LogP contribution in [0, 0.1) is 6.92 Å². The van der Waals surface area contributed by atoms with E-state index in [0.717, 1.165) is 5.75 Å². The predicted molar refractivity (Wildman–Crippen MR) is 73.6 cm³/mol. The van der Waals surface area contributed by atoms with Crippen LogP contribution in [0.25, 0.3) is 0 Å². The average molecular weight is 277 g/mol. The summed E-state index contributed by atoms with van der Waals surface area (Å²) in [4.78, 5) is 3.91. The van der Waals surface area contributed by atoms with Gasteiger partial charge in [-0.15, -0.1) is 0 Å². The molecule has 20 heavy (non-hydrogen) atoms. The Balaban J connectivity index is 1.58. The molecule has 108 valence electrons. The fraction of sp³-hybridized carbons (Fsp3) is 0.429. The minimum absolute atomic E-state index is 0.261. The Kier molecular flexibility index (Phi) is 5.52. The van der Waals surface area contributed by atoms with Gasteiger partial charge in [0.2, 0.25) is 5.89 Å². The van der Waals surface area contributed by atoms with Gasteiger partial charge in [0.25, 0.3) is 0 Å². The fourth-order valence-corrected chi connectivity index (χ4v) is 1.66. The summed E-state index contributed by atoms with van der Waals surface area (Å²) in [6.07, 6.45) is 1.46. The molecule has 6 heteroatoms. The summed E-state index contributed by atoms with van der Waals surface area (Å²) in [6, 6.07) is 7.74. The molecule has 0 amide bonds. The lowest BCUT2D eigenvalue weighted by molar-refractivity contribution is 0.106. The highest BCUT2D eigenvalue weighted by molar-refractivity contribution is 5.26. The van der Waals surface area contributed by atoms with Crippen LogP contribution in [-0.2, 0) is 6.42 Å². The van der Waals surface area contributed by atoms with E-state index in [1.807, 2.05) is 31.2 Å². The number of rotatable bonds is 8. The summed E-state index contributed by atoms with van der Waals surface area (Å²) in [5, 5.41) is 16.4. The van der Waals surface area contributed by atoms with Gasteiger partial charge in [-0.1, -0.05) is 22.9 Å². The second-order valence-corrected chi connectivity index (χ2v) is 4.57. The molecule has 0 fully saturated rings. The van der Waals surface area contributed by atoms with Crippen LogP contribution in [0.15, 0.2) is 35.1 Å². The highest BCUT2D eigenvalue weighted by Gasteiger charge is 2.05. The molecule has 1 unspecified atom stereocenters. The standard InChI is InChI=1S/C14H19N3O3/c1-11-2-4-13(5-3-11)19-9-12(18)8-15-7-6-14-16-10-17-20-14/h2-5,10,12,15,18H,6-9H2,1H3. The quantitative estimate of drug-likeness (QED) is 0.699. The molecule has 6 nitrogen and oxygen atoms in total. The first-order chi connectivity index (χ1) is 9.74. The topological polar surface area (TPSA) is 80.4 Å². The molecule has 0 aliphatic carbocycles. The van der Waals surface area contributed by atoms with Crippen molar-refractivity contribution in [2.45, 2.75) is 19.4 Å². The van der Waals surface area contributed by atoms with Crippen LogP contribution in [-0.4, -0.2) is 41.0 Å². The summed E-state index contributed by atoms with van der Waals surface area (Å²) < 4.78 is 10.4. The van der Waals surface area contributed by atoms with Gasteiger partial charge in [0, 0.05) is 19.5 Å². The van der Waals surface area contributed by atoms with Gasteiger partial charge >= 0.3 is 0 Å². The molecule has 0 saturated heterocycles. The number of aliphatic hydroxyl groups is 1. The molecular weight excluding hydrogens is 258 g/mol. The van der Waals surface area contributed by atoms with E-state index in [1.54, 1.807) is 0 Å². The van der Waals surface area contributed by atoms with Crippen molar-refractivity contribution in [1.29, 1.82) is 0 Å². The van der Waals surface area contributed by atoms with Crippen LogP contribution in [0.3, 0.4) is 0 Å². The molecule has 1 aromatic carbocycles. The summed E-state index contributed by atoms with van der Waals surface area (Å²) in [5.74, 6) is 1.35. The lowest BCUT2D eigenvalue weighted by Gasteiger charge is -2.13. The largest absolute Gasteiger partial charge is 0.491 e. The van der Waals surface area contributed by atoms with Crippen LogP contribution in [0.5, 0.6) is 5.75 Å². The molecule has 0 aliphatic heterocycles. The van der Waals surface area contributed by atoms with E-state index < -0.39 is 6.10 Å². The Hall–Kier alpha value is -1.92. The molecule has 1 heterocycles. The van der Waals surface area contributed by atoms with Crippen molar-refractivity contribution in [1.82, 2.24) is 15.5 Å². The third-order valence-electron chi connectivity index (χ3n) is 2.77. The van der Waals surface area contributed by atoms with E-state index in [-0.39, 0.29) is 6.61 Å². The summed E-state index contributed by atoms with van der Waals surface area (Å²) in [6.45, 7) is 3.41. The van der Waals surface area contributed by atoms with Gasteiger partial charge < -0.3 is 19.7 Å². The molecule has 0 spiro atoms. The molecular formula is C14H19N3O3. The number of aliphatic hydroxyl groups excluding tert-OH is 1. The summed E-state index contributed by atoms with van der Waals surface area (Å²) in [7, 11) is 0. The summed E-state index contributed by atoms with van der Waals surface area (Å²) in [5.41, 5.74) is 1.18. The SMILES string of the molecule is Cc1ccc(OCC(O)CNCCc2ncno2)cc1. The van der Waals surface area contributed by atoms with Crippen LogP contribution in [0.4, 0.5) is 0 Å². The highest BCUT2D eigenvalue weighted by Crippen LogP contribution is 2.11. The van der Waals surface area contributed by atoms with Crippen molar-refractivity contribution in [2.24, 2.45) is 0 Å². The number of aromatic nitrogens is 2. The van der Waals surface area contributed by atoms with Crippen LogP contribution < -0.4 is 10.1 Å². The molecule has 0 radical (unpaired) electrons. The zero-order chi connectivity index (χ0) is 14.2. The number of aryl methyl sites for hydroxylation is 1. The maximum Gasteiger partial charge on any atom is 0.227 e. The van der Waals surface area contributed by atoms with E-state index >= 15 is 0 Å². The van der Waals surface area contributed by atoms with Crippen molar-refractivity contribution in [2.75, 3.05) is 19.7 Å². The van der Waals surface area contributed by atoms with Gasteiger partial charge in [0.1, 0.15) is 18.5 Å². The van der Waals surface area contributed by atoms with E-state index in [0.29, 0.717) is 25.4 Å². The maximum absolute atomic E-state index is 9.78. The van der Waals surface area contributed by atoms with Crippen molar-refractivity contribution in [3.63, 3.8) is 0 Å². The lowest BCUT2D eigenvalue weighted by Crippen LogP contribution is -2.32. The number of benzene rings is 1. The van der Waals surface area contributed by atoms with Crippen molar-refractivity contribution < 1.29 is 14.4 Å². The number of hydrogen-bond acceptors (Lipinski definition) is 6. The van der Waals surface area contributed by atoms with Gasteiger partial charge in [0.05, 0.1) is 0 Å². The number of nitrogens with zero attached hydrogens (tertiary/aromatic N) is 2. The number of ether oxygens (including phenoxy) is 1. The van der Waals surface area contributed by atoms with Gasteiger partial charge in [-0.3, -0.25) is 0 Å². The molecule has 2 N–H and O–H groups in total. The zero-order valence-electron chi connectivity index (χ0n) is 11.5. The molecule has 1 atom stereocenters. The fourth-order valence-electron chi connectivity index (χ4n) is 1.66. The van der Waals surface area contributed by atoms with Crippen molar-refractivity contribution >= 4 is 0 Å². The monoisotopic (exact) mass is 277 g/mol. The van der Waals surface area contributed by atoms with Crippen molar-refractivity contribution in [3.05, 3.63) is 42.0 Å². The minimum Gasteiger partial charge on any atom is -0.491 e. The third kappa shape index (κ3) is 4.99. The Morgan fingerprint density at radius 2 is 2.15 bits per heavy atom. The van der Waals surface area contributed by atoms with Crippen LogP contribution >= 0.6 is 0 Å². The van der Waals surface area contributed by atoms with Gasteiger partial charge in [-0.05, 0) is 19.1 Å². The molecule has 1 aromatic heterocycles. The van der Waals surface area contributed by atoms with Gasteiger partial charge in [-0.25, -0.2) is 0 Å². The van der Waals surface area contributed by atoms with Crippen LogP contribution in [0.1, 0.15) is 11.5 Å². The molecule has 2 rings (SSSR count). The Morgan fingerprint density at radius 3 is 2.85 bits per heavy atom. The second-order valence-electron chi connectivity index (χ2n) is 4.57. The first-order valence-corrected chi connectivity index (χ1v) is 6.58. The maximum atomic E-state index is 9.78. The average Bonchev–Trinajstić information content (AvgIpc) is 2.96. The van der Waals surface area contributed by atoms with Gasteiger partial charge in [-0.2, -0.15) is 4.98 Å². The Bertz CT molecular complexity index is 485. The number of nitrogens with one attached hydrogen (secondary N) is 1. The predicted octanol–water partition coefficient (Wildman–Crippen LogP) is 0.950. The normalized spacial score (nSPS) is 12.3. The van der Waals surface area contributed by atoms with E-state index in [1.165, 1.54) is 11.9 Å². The van der Waals surface area contributed by atoms with E-state index in [4.69, 9.17) is 9.26 Å². The second kappa shape index (κ2) is 7.62.